The maximum absolute atomic E-state index is 12.4. The second-order valence-electron chi connectivity index (χ2n) is 7.24. The Labute approximate surface area is 137 Å². The van der Waals surface area contributed by atoms with Crippen molar-refractivity contribution >= 4 is 11.8 Å². The van der Waals surface area contributed by atoms with Crippen molar-refractivity contribution in [2.75, 3.05) is 13.1 Å². The highest BCUT2D eigenvalue weighted by Crippen LogP contribution is 2.28. The summed E-state index contributed by atoms with van der Waals surface area (Å²) in [7, 11) is 0. The van der Waals surface area contributed by atoms with Crippen molar-refractivity contribution < 1.29 is 14.7 Å². The molecule has 1 aliphatic rings. The number of amides is 2. The van der Waals surface area contributed by atoms with E-state index in [1.807, 2.05) is 6.07 Å². The van der Waals surface area contributed by atoms with Crippen LogP contribution in [0.25, 0.3) is 0 Å². The van der Waals surface area contributed by atoms with Gasteiger partial charge in [0.05, 0.1) is 5.56 Å². The van der Waals surface area contributed by atoms with Gasteiger partial charge in [0, 0.05) is 26.1 Å². The molecule has 0 radical (unpaired) electrons. The molecule has 0 atom stereocenters. The minimum atomic E-state index is -0.260. The molecule has 0 unspecified atom stereocenters. The number of likely N-dealkylation sites (tertiary alicyclic amines) is 1. The van der Waals surface area contributed by atoms with Gasteiger partial charge >= 0.3 is 0 Å². The molecule has 2 amide bonds. The smallest absolute Gasteiger partial charge is 0.255 e. The largest absolute Gasteiger partial charge is 0.507 e. The van der Waals surface area contributed by atoms with Gasteiger partial charge in [-0.3, -0.25) is 9.59 Å². The van der Waals surface area contributed by atoms with Gasteiger partial charge in [0.15, 0.2) is 0 Å². The van der Waals surface area contributed by atoms with Crippen molar-refractivity contribution in [3.8, 4) is 5.75 Å². The molecule has 0 saturated carbocycles. The summed E-state index contributed by atoms with van der Waals surface area (Å²) < 4.78 is 0. The molecule has 126 valence electrons. The average Bonchev–Trinajstić information content (AvgIpc) is 2.46. The highest BCUT2D eigenvalue weighted by molar-refractivity contribution is 5.97. The number of rotatable bonds is 2. The van der Waals surface area contributed by atoms with Crippen LogP contribution in [0.5, 0.6) is 5.75 Å². The van der Waals surface area contributed by atoms with Gasteiger partial charge in [0.2, 0.25) is 5.91 Å². The van der Waals surface area contributed by atoms with E-state index in [0.717, 1.165) is 18.4 Å². The quantitative estimate of drug-likeness (QED) is 0.880. The van der Waals surface area contributed by atoms with Gasteiger partial charge in [-0.2, -0.15) is 0 Å². The minimum Gasteiger partial charge on any atom is -0.507 e. The van der Waals surface area contributed by atoms with Crippen molar-refractivity contribution in [1.82, 2.24) is 10.2 Å². The molecule has 1 aromatic carbocycles. The number of hydrogen-bond acceptors (Lipinski definition) is 3. The van der Waals surface area contributed by atoms with Crippen molar-refractivity contribution in [2.45, 2.75) is 52.0 Å². The van der Waals surface area contributed by atoms with E-state index in [1.165, 1.54) is 0 Å². The van der Waals surface area contributed by atoms with Crippen LogP contribution in [0, 0.1) is 0 Å². The summed E-state index contributed by atoms with van der Waals surface area (Å²) in [5, 5.41) is 13.1. The third kappa shape index (κ3) is 4.24. The number of piperidine rings is 1. The monoisotopic (exact) mass is 318 g/mol. The number of phenols is 1. The zero-order valence-corrected chi connectivity index (χ0v) is 14.3. The van der Waals surface area contributed by atoms with Gasteiger partial charge in [-0.05, 0) is 36.0 Å². The molecule has 1 saturated heterocycles. The normalized spacial score (nSPS) is 16.3. The molecule has 5 heteroatoms. The van der Waals surface area contributed by atoms with Crippen LogP contribution in [0.4, 0.5) is 0 Å². The summed E-state index contributed by atoms with van der Waals surface area (Å²) in [6, 6.07) is 5.26. The Morgan fingerprint density at radius 3 is 2.30 bits per heavy atom. The molecule has 1 fully saturated rings. The van der Waals surface area contributed by atoms with E-state index in [-0.39, 0.29) is 29.0 Å². The lowest BCUT2D eigenvalue weighted by Gasteiger charge is -2.31. The SMILES string of the molecule is CC(=O)N1CCC(NC(=O)c2ccc(C(C)(C)C)cc2O)CC1. The Balaban J connectivity index is 2.00. The number of hydrogen-bond donors (Lipinski definition) is 2. The van der Waals surface area contributed by atoms with E-state index in [4.69, 9.17) is 0 Å². The predicted octanol–water partition coefficient (Wildman–Crippen LogP) is 2.43. The van der Waals surface area contributed by atoms with Crippen LogP contribution in [0.2, 0.25) is 0 Å². The number of nitrogens with zero attached hydrogens (tertiary/aromatic N) is 1. The van der Waals surface area contributed by atoms with E-state index in [0.29, 0.717) is 18.7 Å². The summed E-state index contributed by atoms with van der Waals surface area (Å²) in [4.78, 5) is 25.5. The van der Waals surface area contributed by atoms with Gasteiger partial charge < -0.3 is 15.3 Å². The molecule has 5 nitrogen and oxygen atoms in total. The van der Waals surface area contributed by atoms with Gasteiger partial charge in [0.25, 0.3) is 5.91 Å². The molecule has 0 spiro atoms. The molecule has 1 aromatic rings. The maximum Gasteiger partial charge on any atom is 0.255 e. The molecule has 1 heterocycles. The van der Waals surface area contributed by atoms with E-state index >= 15 is 0 Å². The van der Waals surface area contributed by atoms with Crippen molar-refractivity contribution in [3.05, 3.63) is 29.3 Å². The fourth-order valence-electron chi connectivity index (χ4n) is 2.79. The zero-order chi connectivity index (χ0) is 17.2. The number of aromatic hydroxyl groups is 1. The van der Waals surface area contributed by atoms with Crippen molar-refractivity contribution in [2.24, 2.45) is 0 Å². The first kappa shape index (κ1) is 17.3. The third-order valence-electron chi connectivity index (χ3n) is 4.38. The Morgan fingerprint density at radius 1 is 1.22 bits per heavy atom. The maximum atomic E-state index is 12.4. The number of carbonyl (C=O) groups is 2. The minimum absolute atomic E-state index is 0.0103. The highest BCUT2D eigenvalue weighted by atomic mass is 16.3. The second-order valence-corrected chi connectivity index (χ2v) is 7.24. The van der Waals surface area contributed by atoms with Gasteiger partial charge in [-0.1, -0.05) is 26.8 Å². The summed E-state index contributed by atoms with van der Waals surface area (Å²) in [6.45, 7) is 9.07. The second kappa shape index (κ2) is 6.60. The van der Waals surface area contributed by atoms with Crippen LogP contribution in [0.15, 0.2) is 18.2 Å². The number of carbonyl (C=O) groups excluding carboxylic acids is 2. The molecule has 1 aliphatic heterocycles. The Kier molecular flexibility index (Phi) is 4.97. The van der Waals surface area contributed by atoms with Crippen LogP contribution >= 0.6 is 0 Å². The average molecular weight is 318 g/mol. The van der Waals surface area contributed by atoms with Gasteiger partial charge in [-0.15, -0.1) is 0 Å². The first-order valence-electron chi connectivity index (χ1n) is 8.08. The van der Waals surface area contributed by atoms with Gasteiger partial charge in [0.1, 0.15) is 5.75 Å². The van der Waals surface area contributed by atoms with Crippen LogP contribution in [-0.4, -0.2) is 41.0 Å². The van der Waals surface area contributed by atoms with E-state index < -0.39 is 0 Å². The van der Waals surface area contributed by atoms with Gasteiger partial charge in [-0.25, -0.2) is 0 Å². The van der Waals surface area contributed by atoms with Crippen molar-refractivity contribution in [1.29, 1.82) is 0 Å². The van der Waals surface area contributed by atoms with E-state index in [9.17, 15) is 14.7 Å². The lowest BCUT2D eigenvalue weighted by Crippen LogP contribution is -2.46. The summed E-state index contributed by atoms with van der Waals surface area (Å²) >= 11 is 0. The summed E-state index contributed by atoms with van der Waals surface area (Å²) in [5.74, 6) is -0.175. The predicted molar refractivity (Wildman–Crippen MR) is 89.5 cm³/mol. The molecule has 0 aliphatic carbocycles. The molecule has 2 rings (SSSR count). The first-order chi connectivity index (χ1) is 10.7. The summed E-state index contributed by atoms with van der Waals surface area (Å²) in [5.41, 5.74) is 1.21. The number of benzene rings is 1. The molecule has 2 N–H and O–H groups in total. The number of phenolic OH excluding ortho intramolecular Hbond substituents is 1. The Hall–Kier alpha value is -2.04. The Bertz CT molecular complexity index is 597. The van der Waals surface area contributed by atoms with Crippen LogP contribution < -0.4 is 5.32 Å². The van der Waals surface area contributed by atoms with E-state index in [2.05, 4.69) is 26.1 Å². The molecule has 0 bridgehead atoms. The Morgan fingerprint density at radius 2 is 1.83 bits per heavy atom. The fourth-order valence-corrected chi connectivity index (χ4v) is 2.79. The van der Waals surface area contributed by atoms with Crippen LogP contribution in [0.3, 0.4) is 0 Å². The lowest BCUT2D eigenvalue weighted by molar-refractivity contribution is -0.129. The highest BCUT2D eigenvalue weighted by Gasteiger charge is 2.24. The number of nitrogens with one attached hydrogen (secondary N) is 1. The first-order valence-corrected chi connectivity index (χ1v) is 8.08. The lowest BCUT2D eigenvalue weighted by atomic mass is 9.86. The van der Waals surface area contributed by atoms with E-state index in [1.54, 1.807) is 24.0 Å². The molecular weight excluding hydrogens is 292 g/mol. The fraction of sp³-hybridized carbons (Fsp3) is 0.556. The molecule has 0 aromatic heterocycles. The standard InChI is InChI=1S/C18H26N2O3/c1-12(21)20-9-7-14(8-10-20)19-17(23)15-6-5-13(11-16(15)22)18(2,3)4/h5-6,11,14,22H,7-10H2,1-4H3,(H,19,23). The van der Waals surface area contributed by atoms with Crippen LogP contribution in [-0.2, 0) is 10.2 Å². The molecule has 23 heavy (non-hydrogen) atoms. The molecular formula is C18H26N2O3. The zero-order valence-electron chi connectivity index (χ0n) is 14.3. The van der Waals surface area contributed by atoms with Crippen molar-refractivity contribution in [3.63, 3.8) is 0 Å². The van der Waals surface area contributed by atoms with Crippen LogP contribution in [0.1, 0.15) is 56.5 Å². The third-order valence-corrected chi connectivity index (χ3v) is 4.38. The topological polar surface area (TPSA) is 69.6 Å². The summed E-state index contributed by atoms with van der Waals surface area (Å²) in [6.07, 6.45) is 1.48.